The van der Waals surface area contributed by atoms with E-state index >= 15 is 0 Å². The fourth-order valence-corrected chi connectivity index (χ4v) is 4.02. The standard InChI is InChI=1S/C21H34NO2/c1-4-7-15-22(6-3,14-5-2)16-17-24-21(23)20-13-12-18-10-8-9-11-19(18)20/h8-11,20H,4-7,12-17H2,1-3H3/q+1. The number of aryl methyl sites for hydroxylation is 1. The minimum Gasteiger partial charge on any atom is -0.459 e. The molecule has 0 aromatic heterocycles. The first kappa shape index (κ1) is 19.0. The average Bonchev–Trinajstić information content (AvgIpc) is 3.03. The van der Waals surface area contributed by atoms with Crippen LogP contribution in [0.5, 0.6) is 0 Å². The Bertz CT molecular complexity index is 528. The largest absolute Gasteiger partial charge is 0.459 e. The number of benzene rings is 1. The van der Waals surface area contributed by atoms with Crippen molar-refractivity contribution >= 4 is 5.97 Å². The molecule has 24 heavy (non-hydrogen) atoms. The predicted octanol–water partition coefficient (Wildman–Crippen LogP) is 4.31. The van der Waals surface area contributed by atoms with Gasteiger partial charge in [0.25, 0.3) is 0 Å². The van der Waals surface area contributed by atoms with Crippen LogP contribution in [0.1, 0.15) is 63.5 Å². The summed E-state index contributed by atoms with van der Waals surface area (Å²) in [5.41, 5.74) is 2.49. The number of nitrogens with zero attached hydrogens (tertiary/aromatic N) is 1. The molecule has 3 heteroatoms. The molecule has 0 spiro atoms. The molecule has 0 fully saturated rings. The highest BCUT2D eigenvalue weighted by Crippen LogP contribution is 2.33. The van der Waals surface area contributed by atoms with E-state index in [1.54, 1.807) is 0 Å². The van der Waals surface area contributed by atoms with Crippen LogP contribution in [-0.2, 0) is 16.0 Å². The van der Waals surface area contributed by atoms with Crippen molar-refractivity contribution in [2.24, 2.45) is 0 Å². The molecule has 2 unspecified atom stereocenters. The lowest BCUT2D eigenvalue weighted by Crippen LogP contribution is -2.51. The van der Waals surface area contributed by atoms with Crippen LogP contribution in [-0.4, -0.2) is 43.2 Å². The van der Waals surface area contributed by atoms with Gasteiger partial charge in [-0.1, -0.05) is 44.5 Å². The number of rotatable bonds is 10. The molecule has 0 radical (unpaired) electrons. The second kappa shape index (κ2) is 9.22. The number of unbranched alkanes of at least 4 members (excludes halogenated alkanes) is 1. The molecule has 0 saturated carbocycles. The third-order valence-electron chi connectivity index (χ3n) is 5.58. The Labute approximate surface area is 147 Å². The molecule has 2 rings (SSSR count). The molecule has 0 heterocycles. The zero-order valence-electron chi connectivity index (χ0n) is 15.7. The Morgan fingerprint density at radius 3 is 2.62 bits per heavy atom. The molecule has 3 nitrogen and oxygen atoms in total. The van der Waals surface area contributed by atoms with E-state index in [-0.39, 0.29) is 11.9 Å². The van der Waals surface area contributed by atoms with Crippen LogP contribution in [0.3, 0.4) is 0 Å². The Kier molecular flexibility index (Phi) is 7.29. The molecule has 1 aromatic rings. The number of fused-ring (bicyclic) bond motifs is 1. The summed E-state index contributed by atoms with van der Waals surface area (Å²) in [7, 11) is 0. The second-order valence-electron chi connectivity index (χ2n) is 7.14. The maximum absolute atomic E-state index is 12.5. The zero-order chi connectivity index (χ0) is 17.4. The van der Waals surface area contributed by atoms with E-state index in [2.05, 4.69) is 39.0 Å². The molecule has 0 N–H and O–H groups in total. The van der Waals surface area contributed by atoms with Crippen LogP contribution in [0.15, 0.2) is 24.3 Å². The van der Waals surface area contributed by atoms with Gasteiger partial charge in [0.1, 0.15) is 13.2 Å². The third kappa shape index (κ3) is 4.60. The molecule has 2 atom stereocenters. The summed E-state index contributed by atoms with van der Waals surface area (Å²) < 4.78 is 6.79. The molecular weight excluding hydrogens is 298 g/mol. The first-order chi connectivity index (χ1) is 11.7. The fraction of sp³-hybridized carbons (Fsp3) is 0.667. The maximum atomic E-state index is 12.5. The topological polar surface area (TPSA) is 26.3 Å². The number of carbonyl (C=O) groups is 1. The van der Waals surface area contributed by atoms with E-state index in [0.29, 0.717) is 6.61 Å². The van der Waals surface area contributed by atoms with E-state index < -0.39 is 0 Å². The molecule has 134 valence electrons. The van der Waals surface area contributed by atoms with Crippen LogP contribution >= 0.6 is 0 Å². The minimum absolute atomic E-state index is 0.0267. The van der Waals surface area contributed by atoms with Gasteiger partial charge in [0.15, 0.2) is 0 Å². The summed E-state index contributed by atoms with van der Waals surface area (Å²) >= 11 is 0. The number of hydrogen-bond acceptors (Lipinski definition) is 2. The van der Waals surface area contributed by atoms with Crippen molar-refractivity contribution < 1.29 is 14.0 Å². The van der Waals surface area contributed by atoms with Crippen LogP contribution in [0.25, 0.3) is 0 Å². The molecule has 0 bridgehead atoms. The lowest BCUT2D eigenvalue weighted by atomic mass is 10.0. The van der Waals surface area contributed by atoms with Gasteiger partial charge in [0.2, 0.25) is 0 Å². The van der Waals surface area contributed by atoms with Gasteiger partial charge < -0.3 is 9.22 Å². The van der Waals surface area contributed by atoms with Crippen LogP contribution in [0, 0.1) is 0 Å². The maximum Gasteiger partial charge on any atom is 0.313 e. The highest BCUT2D eigenvalue weighted by Gasteiger charge is 2.30. The number of carbonyl (C=O) groups excluding carboxylic acids is 1. The van der Waals surface area contributed by atoms with E-state index in [0.717, 1.165) is 30.4 Å². The number of ether oxygens (including phenoxy) is 1. The smallest absolute Gasteiger partial charge is 0.313 e. The van der Waals surface area contributed by atoms with Gasteiger partial charge in [0.05, 0.1) is 25.6 Å². The summed E-state index contributed by atoms with van der Waals surface area (Å²) in [5.74, 6) is -0.0762. The molecular formula is C21H34NO2+. The van der Waals surface area contributed by atoms with Gasteiger partial charge in [-0.3, -0.25) is 4.79 Å². The van der Waals surface area contributed by atoms with Gasteiger partial charge in [-0.15, -0.1) is 0 Å². The number of likely N-dealkylation sites (N-methyl/N-ethyl adjacent to an activating group) is 1. The van der Waals surface area contributed by atoms with Gasteiger partial charge in [-0.2, -0.15) is 0 Å². The first-order valence-electron chi connectivity index (χ1n) is 9.75. The van der Waals surface area contributed by atoms with E-state index in [1.807, 2.05) is 6.07 Å². The Balaban J connectivity index is 1.89. The van der Waals surface area contributed by atoms with Crippen LogP contribution in [0.4, 0.5) is 0 Å². The van der Waals surface area contributed by atoms with Crippen molar-refractivity contribution in [3.05, 3.63) is 35.4 Å². The molecule has 1 aliphatic carbocycles. The lowest BCUT2D eigenvalue weighted by Gasteiger charge is -2.37. The van der Waals surface area contributed by atoms with Crippen molar-refractivity contribution in [2.75, 3.05) is 32.8 Å². The molecule has 1 aromatic carbocycles. The lowest BCUT2D eigenvalue weighted by molar-refractivity contribution is -0.927. The van der Waals surface area contributed by atoms with Gasteiger partial charge in [-0.05, 0) is 43.7 Å². The quantitative estimate of drug-likeness (QED) is 0.471. The van der Waals surface area contributed by atoms with Crippen molar-refractivity contribution in [1.29, 1.82) is 0 Å². The summed E-state index contributed by atoms with van der Waals surface area (Å²) in [6.45, 7) is 11.8. The summed E-state index contributed by atoms with van der Waals surface area (Å²) in [6.07, 6.45) is 5.55. The van der Waals surface area contributed by atoms with Crippen molar-refractivity contribution in [2.45, 2.75) is 58.8 Å². The predicted molar refractivity (Wildman–Crippen MR) is 99.1 cm³/mol. The number of esters is 1. The number of quaternary nitrogens is 1. The SMILES string of the molecule is CCCC[N+](CC)(CCC)CCOC(=O)C1CCc2ccccc21. The minimum atomic E-state index is -0.0495. The zero-order valence-corrected chi connectivity index (χ0v) is 15.7. The van der Waals surface area contributed by atoms with Gasteiger partial charge >= 0.3 is 5.97 Å². The van der Waals surface area contributed by atoms with Crippen molar-refractivity contribution in [3.8, 4) is 0 Å². The summed E-state index contributed by atoms with van der Waals surface area (Å²) in [4.78, 5) is 12.5. The van der Waals surface area contributed by atoms with Crippen LogP contribution < -0.4 is 0 Å². The van der Waals surface area contributed by atoms with E-state index in [4.69, 9.17) is 4.74 Å². The highest BCUT2D eigenvalue weighted by atomic mass is 16.5. The molecule has 0 aliphatic heterocycles. The Hall–Kier alpha value is -1.35. The van der Waals surface area contributed by atoms with Gasteiger partial charge in [-0.25, -0.2) is 0 Å². The average molecular weight is 333 g/mol. The van der Waals surface area contributed by atoms with Gasteiger partial charge in [0, 0.05) is 0 Å². The second-order valence-corrected chi connectivity index (χ2v) is 7.14. The summed E-state index contributed by atoms with van der Waals surface area (Å²) in [6, 6.07) is 8.29. The van der Waals surface area contributed by atoms with Crippen molar-refractivity contribution in [1.82, 2.24) is 0 Å². The van der Waals surface area contributed by atoms with E-state index in [9.17, 15) is 4.79 Å². The highest BCUT2D eigenvalue weighted by molar-refractivity contribution is 5.79. The van der Waals surface area contributed by atoms with E-state index in [1.165, 1.54) is 43.5 Å². The molecule has 1 aliphatic rings. The number of hydrogen-bond donors (Lipinski definition) is 0. The first-order valence-corrected chi connectivity index (χ1v) is 9.75. The molecule has 0 saturated heterocycles. The Morgan fingerprint density at radius 1 is 1.12 bits per heavy atom. The van der Waals surface area contributed by atoms with Crippen LogP contribution in [0.2, 0.25) is 0 Å². The third-order valence-corrected chi connectivity index (χ3v) is 5.58. The monoisotopic (exact) mass is 332 g/mol. The normalized spacial score (nSPS) is 18.9. The molecule has 0 amide bonds. The Morgan fingerprint density at radius 2 is 1.92 bits per heavy atom. The fourth-order valence-electron chi connectivity index (χ4n) is 4.02. The summed E-state index contributed by atoms with van der Waals surface area (Å²) in [5, 5.41) is 0. The van der Waals surface area contributed by atoms with Crippen molar-refractivity contribution in [3.63, 3.8) is 0 Å².